The normalized spacial score (nSPS) is 14.2. The molecule has 14 heteroatoms. The summed E-state index contributed by atoms with van der Waals surface area (Å²) in [5.41, 5.74) is 8.96. The number of aromatic nitrogens is 5. The van der Waals surface area contributed by atoms with Crippen molar-refractivity contribution in [2.24, 2.45) is 0 Å². The molecule has 0 unspecified atom stereocenters. The summed E-state index contributed by atoms with van der Waals surface area (Å²) in [6.45, 7) is 5.33. The van der Waals surface area contributed by atoms with E-state index in [1.54, 1.807) is 29.1 Å². The third-order valence-corrected chi connectivity index (χ3v) is 7.34. The van der Waals surface area contributed by atoms with Crippen LogP contribution in [-0.2, 0) is 11.3 Å². The smallest absolute Gasteiger partial charge is 0.257 e. The Morgan fingerprint density at radius 3 is 2.76 bits per heavy atom. The van der Waals surface area contributed by atoms with Gasteiger partial charge in [0.1, 0.15) is 17.3 Å². The van der Waals surface area contributed by atoms with Crippen LogP contribution in [0.4, 0.5) is 16.0 Å². The van der Waals surface area contributed by atoms with Crippen LogP contribution in [0.15, 0.2) is 53.3 Å². The highest BCUT2D eigenvalue weighted by Gasteiger charge is 2.21. The largest absolute Gasteiger partial charge is 0.484 e. The third-order valence-electron chi connectivity index (χ3n) is 7.34. The van der Waals surface area contributed by atoms with Crippen LogP contribution in [0.25, 0.3) is 28.0 Å². The van der Waals surface area contributed by atoms with Crippen LogP contribution in [0.5, 0.6) is 5.75 Å². The number of anilines is 2. The summed E-state index contributed by atoms with van der Waals surface area (Å²) in [6, 6.07) is 10.3. The zero-order valence-electron chi connectivity index (χ0n) is 23.3. The summed E-state index contributed by atoms with van der Waals surface area (Å²) in [5, 5.41) is 15.6. The van der Waals surface area contributed by atoms with E-state index in [2.05, 4.69) is 30.7 Å². The van der Waals surface area contributed by atoms with E-state index in [0.717, 1.165) is 30.5 Å². The molecule has 4 N–H and O–H groups in total. The second-order valence-corrected chi connectivity index (χ2v) is 10.1. The van der Waals surface area contributed by atoms with E-state index in [1.807, 2.05) is 34.8 Å². The number of fused-ring (bicyclic) bond motifs is 3. The standard InChI is InChI=1S/C28H33FN10O3/c1-31-6-7-32-26(40)18-42-19-4-5-23(21(29)15-19)37-11-8-36(9-12-37)10-13-38-27-20(17-33-38)24-16-22(25-3-2-14-41-25)35-39(24)28(30)34-27/h2-5,14-17,31H,6-13,18H2,1H3,(H2,30,34)(H,32,40). The first kappa shape index (κ1) is 27.5. The molecule has 1 aliphatic rings. The lowest BCUT2D eigenvalue weighted by molar-refractivity contribution is -0.123. The second-order valence-electron chi connectivity index (χ2n) is 10.1. The Morgan fingerprint density at radius 1 is 1.14 bits per heavy atom. The molecule has 0 bridgehead atoms. The number of benzene rings is 1. The van der Waals surface area contributed by atoms with E-state index >= 15 is 0 Å². The number of nitrogens with one attached hydrogen (secondary N) is 2. The molecule has 0 spiro atoms. The lowest BCUT2D eigenvalue weighted by Gasteiger charge is -2.36. The molecule has 1 aliphatic heterocycles. The molecule has 13 nitrogen and oxygen atoms in total. The molecule has 1 saturated heterocycles. The molecule has 4 aromatic heterocycles. The minimum Gasteiger partial charge on any atom is -0.484 e. The van der Waals surface area contributed by atoms with Crippen molar-refractivity contribution in [1.82, 2.24) is 39.9 Å². The Balaban J connectivity index is 1.04. The Kier molecular flexibility index (Phi) is 7.88. The lowest BCUT2D eigenvalue weighted by atomic mass is 10.2. The highest BCUT2D eigenvalue weighted by atomic mass is 19.1. The lowest BCUT2D eigenvalue weighted by Crippen LogP contribution is -2.47. The fourth-order valence-electron chi connectivity index (χ4n) is 5.10. The van der Waals surface area contributed by atoms with Gasteiger partial charge in [0.2, 0.25) is 5.95 Å². The predicted molar refractivity (Wildman–Crippen MR) is 156 cm³/mol. The van der Waals surface area contributed by atoms with Crippen LogP contribution in [0, 0.1) is 5.82 Å². The van der Waals surface area contributed by atoms with Gasteiger partial charge in [-0.1, -0.05) is 0 Å². The molecule has 6 rings (SSSR count). The zero-order valence-corrected chi connectivity index (χ0v) is 23.3. The first-order chi connectivity index (χ1) is 20.5. The van der Waals surface area contributed by atoms with Gasteiger partial charge >= 0.3 is 0 Å². The van der Waals surface area contributed by atoms with Crippen molar-refractivity contribution in [3.63, 3.8) is 0 Å². The predicted octanol–water partition coefficient (Wildman–Crippen LogP) is 1.60. The average molecular weight is 577 g/mol. The van der Waals surface area contributed by atoms with Gasteiger partial charge in [0.15, 0.2) is 18.0 Å². The van der Waals surface area contributed by atoms with E-state index in [-0.39, 0.29) is 24.3 Å². The summed E-state index contributed by atoms with van der Waals surface area (Å²) in [5.74, 6) is 0.635. The minimum absolute atomic E-state index is 0.159. The monoisotopic (exact) mass is 576 g/mol. The van der Waals surface area contributed by atoms with E-state index in [9.17, 15) is 9.18 Å². The molecule has 0 radical (unpaired) electrons. The van der Waals surface area contributed by atoms with Crippen LogP contribution in [-0.4, -0.2) is 94.7 Å². The summed E-state index contributed by atoms with van der Waals surface area (Å²) >= 11 is 0. The molecular formula is C28H33FN10O3. The van der Waals surface area contributed by atoms with Gasteiger partial charge in [0.05, 0.1) is 35.6 Å². The summed E-state index contributed by atoms with van der Waals surface area (Å²) in [7, 11) is 1.81. The number of ether oxygens (including phenoxy) is 1. The molecule has 1 amide bonds. The molecule has 0 saturated carbocycles. The van der Waals surface area contributed by atoms with Gasteiger partial charge in [-0.3, -0.25) is 9.69 Å². The number of likely N-dealkylation sites (N-methyl/N-ethyl adjacent to an activating group) is 1. The topological polar surface area (TPSA) is 144 Å². The van der Waals surface area contributed by atoms with E-state index in [4.69, 9.17) is 14.9 Å². The van der Waals surface area contributed by atoms with Crippen molar-refractivity contribution in [3.8, 4) is 17.2 Å². The van der Waals surface area contributed by atoms with Crippen molar-refractivity contribution in [1.29, 1.82) is 0 Å². The van der Waals surface area contributed by atoms with Gasteiger partial charge in [0.25, 0.3) is 5.91 Å². The number of nitrogens with two attached hydrogens (primary N) is 1. The van der Waals surface area contributed by atoms with Gasteiger partial charge in [-0.05, 0) is 37.4 Å². The van der Waals surface area contributed by atoms with E-state index < -0.39 is 0 Å². The van der Waals surface area contributed by atoms with Crippen molar-refractivity contribution in [2.45, 2.75) is 6.54 Å². The number of carbonyl (C=O) groups is 1. The van der Waals surface area contributed by atoms with Gasteiger partial charge < -0.3 is 30.4 Å². The molecule has 0 aliphatic carbocycles. The number of nitrogens with zero attached hydrogens (tertiary/aromatic N) is 7. The molecular weight excluding hydrogens is 543 g/mol. The van der Waals surface area contributed by atoms with Crippen LogP contribution in [0.3, 0.4) is 0 Å². The van der Waals surface area contributed by atoms with Gasteiger partial charge in [-0.25, -0.2) is 9.07 Å². The summed E-state index contributed by atoms with van der Waals surface area (Å²) < 4.78 is 29.3. The fourth-order valence-corrected chi connectivity index (χ4v) is 5.10. The Hall–Kier alpha value is -4.69. The summed E-state index contributed by atoms with van der Waals surface area (Å²) in [6.07, 6.45) is 3.39. The maximum absolute atomic E-state index is 14.9. The highest BCUT2D eigenvalue weighted by Crippen LogP contribution is 2.27. The number of piperazine rings is 1. The Labute approximate surface area is 241 Å². The maximum atomic E-state index is 14.9. The minimum atomic E-state index is -0.371. The number of hydrogen-bond acceptors (Lipinski definition) is 10. The van der Waals surface area contributed by atoms with Crippen LogP contribution in [0.1, 0.15) is 0 Å². The highest BCUT2D eigenvalue weighted by molar-refractivity contribution is 5.93. The molecule has 5 heterocycles. The quantitative estimate of drug-likeness (QED) is 0.198. The summed E-state index contributed by atoms with van der Waals surface area (Å²) in [4.78, 5) is 20.8. The molecule has 1 fully saturated rings. The van der Waals surface area contributed by atoms with Crippen LogP contribution >= 0.6 is 0 Å². The van der Waals surface area contributed by atoms with Crippen molar-refractivity contribution in [3.05, 3.63) is 54.7 Å². The molecule has 42 heavy (non-hydrogen) atoms. The SMILES string of the molecule is CNCCNC(=O)COc1ccc(N2CCN(CCn3ncc4c3nc(N)n3nc(-c5ccco5)cc43)CC2)c(F)c1. The zero-order chi connectivity index (χ0) is 29.1. The Morgan fingerprint density at radius 2 is 2.00 bits per heavy atom. The first-order valence-electron chi connectivity index (χ1n) is 13.9. The van der Waals surface area contributed by atoms with Crippen molar-refractivity contribution >= 4 is 34.1 Å². The van der Waals surface area contributed by atoms with E-state index in [0.29, 0.717) is 61.3 Å². The number of rotatable bonds is 11. The molecule has 5 aromatic rings. The Bertz CT molecular complexity index is 1670. The number of hydrogen-bond donors (Lipinski definition) is 3. The van der Waals surface area contributed by atoms with Gasteiger partial charge in [-0.15, -0.1) is 0 Å². The fraction of sp³-hybridized carbons (Fsp3) is 0.357. The van der Waals surface area contributed by atoms with Gasteiger partial charge in [-0.2, -0.15) is 19.7 Å². The number of furan rings is 1. The first-order valence-corrected chi connectivity index (χ1v) is 13.9. The number of nitrogen functional groups attached to an aromatic ring is 1. The maximum Gasteiger partial charge on any atom is 0.257 e. The molecule has 220 valence electrons. The van der Waals surface area contributed by atoms with Crippen molar-refractivity contribution in [2.75, 3.05) is 70.1 Å². The third kappa shape index (κ3) is 5.71. The molecule has 0 atom stereocenters. The van der Waals surface area contributed by atoms with E-state index in [1.165, 1.54) is 6.07 Å². The van der Waals surface area contributed by atoms with Gasteiger partial charge in [0, 0.05) is 51.9 Å². The van der Waals surface area contributed by atoms with Crippen molar-refractivity contribution < 1.29 is 18.3 Å². The molecule has 1 aromatic carbocycles. The average Bonchev–Trinajstić information content (AvgIpc) is 3.76. The number of amides is 1. The number of halogens is 1. The second kappa shape index (κ2) is 12.0. The van der Waals surface area contributed by atoms with Crippen LogP contribution in [0.2, 0.25) is 0 Å². The number of carbonyl (C=O) groups excluding carboxylic acids is 1. The van der Waals surface area contributed by atoms with Crippen LogP contribution < -0.4 is 26.0 Å².